The Balaban J connectivity index is 1.05. The van der Waals surface area contributed by atoms with Gasteiger partial charge in [0.1, 0.15) is 11.2 Å². The molecule has 0 unspecified atom stereocenters. The van der Waals surface area contributed by atoms with Crippen molar-refractivity contribution in [2.75, 3.05) is 0 Å². The average Bonchev–Trinajstić information content (AvgIpc) is 4.08. The van der Waals surface area contributed by atoms with Gasteiger partial charge < -0.3 is 8.98 Å². The minimum atomic E-state index is 0.569. The Morgan fingerprint density at radius 3 is 1.75 bits per heavy atom. The Morgan fingerprint density at radius 1 is 0.348 bits per heavy atom. The van der Waals surface area contributed by atoms with Gasteiger partial charge in [-0.2, -0.15) is 0 Å². The smallest absolute Gasteiger partial charge is 0.165 e. The molecular formula is C63H36N4OS. The van der Waals surface area contributed by atoms with Crippen molar-refractivity contribution in [1.82, 2.24) is 19.5 Å². The first-order valence-corrected chi connectivity index (χ1v) is 24.1. The number of nitrogens with zero attached hydrogens (tertiary/aromatic N) is 4. The third-order valence-corrected chi connectivity index (χ3v) is 15.2. The number of rotatable bonds is 5. The van der Waals surface area contributed by atoms with Crippen molar-refractivity contribution >= 4 is 108 Å². The lowest BCUT2D eigenvalue weighted by atomic mass is 10.0. The largest absolute Gasteiger partial charge is 0.456 e. The van der Waals surface area contributed by atoms with Crippen molar-refractivity contribution in [3.05, 3.63) is 218 Å². The Morgan fingerprint density at radius 2 is 0.957 bits per heavy atom. The van der Waals surface area contributed by atoms with Crippen LogP contribution < -0.4 is 0 Å². The van der Waals surface area contributed by atoms with Crippen LogP contribution in [-0.2, 0) is 0 Å². The SMILES string of the molecule is c1ccc(-c2ccc(-c3nc(-c4cccc5c4sc4ccccc45)nc(-c4cc(-n5c6cc7ccccc7cc6c6c7ccccc7ccc65)cc5oc6cc7ccccc7cc6c45)n3)cc2)cc1. The molecule has 0 saturated heterocycles. The van der Waals surface area contributed by atoms with Crippen molar-refractivity contribution in [2.24, 2.45) is 0 Å². The second kappa shape index (κ2) is 14.8. The van der Waals surface area contributed by atoms with Crippen LogP contribution in [0.2, 0.25) is 0 Å². The Labute approximate surface area is 398 Å². The number of hydrogen-bond donors (Lipinski definition) is 0. The first-order chi connectivity index (χ1) is 34.2. The van der Waals surface area contributed by atoms with Crippen LogP contribution in [0, 0.1) is 0 Å². The van der Waals surface area contributed by atoms with Crippen molar-refractivity contribution in [3.8, 4) is 51.0 Å². The van der Waals surface area contributed by atoms with E-state index in [-0.39, 0.29) is 0 Å². The van der Waals surface area contributed by atoms with E-state index in [1.807, 2.05) is 6.07 Å². The zero-order valence-corrected chi connectivity index (χ0v) is 37.7. The van der Waals surface area contributed by atoms with E-state index >= 15 is 0 Å². The topological polar surface area (TPSA) is 56.7 Å². The van der Waals surface area contributed by atoms with Gasteiger partial charge in [-0.3, -0.25) is 0 Å². The van der Waals surface area contributed by atoms with Crippen LogP contribution in [0.15, 0.2) is 223 Å². The van der Waals surface area contributed by atoms with Gasteiger partial charge in [0.05, 0.1) is 16.7 Å². The highest BCUT2D eigenvalue weighted by atomic mass is 32.1. The number of benzene rings is 11. The predicted molar refractivity (Wildman–Crippen MR) is 289 cm³/mol. The molecule has 0 bridgehead atoms. The number of thiophene rings is 1. The lowest BCUT2D eigenvalue weighted by Gasteiger charge is -2.13. The van der Waals surface area contributed by atoms with Gasteiger partial charge >= 0.3 is 0 Å². The van der Waals surface area contributed by atoms with E-state index in [1.54, 1.807) is 11.3 Å². The van der Waals surface area contributed by atoms with E-state index in [0.29, 0.717) is 17.5 Å². The number of hydrogen-bond acceptors (Lipinski definition) is 5. The van der Waals surface area contributed by atoms with Gasteiger partial charge in [0.15, 0.2) is 17.5 Å². The van der Waals surface area contributed by atoms with Crippen molar-refractivity contribution in [3.63, 3.8) is 0 Å². The zero-order valence-electron chi connectivity index (χ0n) is 36.9. The van der Waals surface area contributed by atoms with Crippen molar-refractivity contribution in [1.29, 1.82) is 0 Å². The minimum Gasteiger partial charge on any atom is -0.456 e. The van der Waals surface area contributed by atoms with Gasteiger partial charge in [-0.15, -0.1) is 11.3 Å². The second-order valence-corrected chi connectivity index (χ2v) is 19.0. The van der Waals surface area contributed by atoms with Crippen LogP contribution in [0.3, 0.4) is 0 Å². The summed E-state index contributed by atoms with van der Waals surface area (Å²) in [5.74, 6) is 1.78. The molecule has 4 heterocycles. The summed E-state index contributed by atoms with van der Waals surface area (Å²) in [4.78, 5) is 16.4. The quantitative estimate of drug-likeness (QED) is 0.173. The first kappa shape index (κ1) is 38.2. The van der Waals surface area contributed by atoms with Crippen molar-refractivity contribution < 1.29 is 4.42 Å². The molecule has 0 fully saturated rings. The molecule has 0 atom stereocenters. The summed E-state index contributed by atoms with van der Waals surface area (Å²) in [6.45, 7) is 0. The number of fused-ring (bicyclic) bond motifs is 13. The third kappa shape index (κ3) is 5.92. The molecule has 0 aliphatic heterocycles. The molecule has 320 valence electrons. The lowest BCUT2D eigenvalue weighted by Crippen LogP contribution is -2.02. The molecule has 0 aliphatic carbocycles. The van der Waals surface area contributed by atoms with E-state index in [2.05, 4.69) is 217 Å². The molecule has 0 N–H and O–H groups in total. The van der Waals surface area contributed by atoms with E-state index in [4.69, 9.17) is 19.4 Å². The molecule has 0 radical (unpaired) electrons. The molecule has 69 heavy (non-hydrogen) atoms. The highest BCUT2D eigenvalue weighted by Crippen LogP contribution is 2.45. The molecule has 15 aromatic rings. The fourth-order valence-corrected chi connectivity index (χ4v) is 12.0. The van der Waals surface area contributed by atoms with Crippen LogP contribution in [0.5, 0.6) is 0 Å². The Kier molecular flexibility index (Phi) is 8.17. The summed E-state index contributed by atoms with van der Waals surface area (Å²) >= 11 is 1.78. The van der Waals surface area contributed by atoms with E-state index in [9.17, 15) is 0 Å². The highest BCUT2D eigenvalue weighted by Gasteiger charge is 2.24. The Hall–Kier alpha value is -8.97. The summed E-state index contributed by atoms with van der Waals surface area (Å²) in [7, 11) is 0. The summed E-state index contributed by atoms with van der Waals surface area (Å²) in [6.07, 6.45) is 0. The molecule has 6 heteroatoms. The minimum absolute atomic E-state index is 0.569. The van der Waals surface area contributed by atoms with E-state index in [0.717, 1.165) is 81.9 Å². The lowest BCUT2D eigenvalue weighted by molar-refractivity contribution is 0.669. The second-order valence-electron chi connectivity index (χ2n) is 17.9. The predicted octanol–water partition coefficient (Wildman–Crippen LogP) is 17.4. The molecule has 0 aliphatic rings. The zero-order chi connectivity index (χ0) is 45.2. The summed E-state index contributed by atoms with van der Waals surface area (Å²) in [6, 6.07) is 78.0. The molecular weight excluding hydrogens is 861 g/mol. The third-order valence-electron chi connectivity index (χ3n) is 14.0. The number of furan rings is 1. The molecule has 0 spiro atoms. The molecule has 5 nitrogen and oxygen atoms in total. The van der Waals surface area contributed by atoms with Gasteiger partial charge in [-0.05, 0) is 92.0 Å². The van der Waals surface area contributed by atoms with Crippen LogP contribution in [0.25, 0.3) is 147 Å². The van der Waals surface area contributed by atoms with Gasteiger partial charge in [0.25, 0.3) is 0 Å². The molecule has 0 amide bonds. The number of aromatic nitrogens is 4. The van der Waals surface area contributed by atoms with Crippen LogP contribution in [-0.4, -0.2) is 19.5 Å². The maximum atomic E-state index is 7.02. The summed E-state index contributed by atoms with van der Waals surface area (Å²) < 4.78 is 11.8. The summed E-state index contributed by atoms with van der Waals surface area (Å²) in [5, 5.41) is 13.8. The van der Waals surface area contributed by atoms with E-state index < -0.39 is 0 Å². The molecule has 4 aromatic heterocycles. The van der Waals surface area contributed by atoms with Gasteiger partial charge in [-0.1, -0.05) is 164 Å². The molecule has 0 saturated carbocycles. The van der Waals surface area contributed by atoms with E-state index in [1.165, 1.54) is 47.8 Å². The standard InChI is InChI=1S/C63H36N4OS/c1-2-13-37(14-3-1)38-25-27-40(28-26-38)61-64-62(49-23-12-22-48-47-21-10-11-24-57(47)69-60(48)49)66-63(65-61)52-35-45(36-56-59(52)51-32-42-17-5-7-19-44(42)34-55(51)68-56)67-53-30-29-39-15-8-9-20-46(39)58(53)50-31-41-16-4-6-18-43(41)33-54(50)67/h1-36H. The average molecular weight is 897 g/mol. The maximum Gasteiger partial charge on any atom is 0.165 e. The first-order valence-electron chi connectivity index (χ1n) is 23.2. The normalized spacial score (nSPS) is 12.1. The highest BCUT2D eigenvalue weighted by molar-refractivity contribution is 7.26. The van der Waals surface area contributed by atoms with Crippen molar-refractivity contribution in [2.45, 2.75) is 0 Å². The summed E-state index contributed by atoms with van der Waals surface area (Å²) in [5.41, 5.74) is 9.75. The van der Waals surface area contributed by atoms with Crippen LogP contribution in [0.4, 0.5) is 0 Å². The van der Waals surface area contributed by atoms with Crippen LogP contribution in [0.1, 0.15) is 0 Å². The maximum absolute atomic E-state index is 7.02. The van der Waals surface area contributed by atoms with Gasteiger partial charge in [-0.25, -0.2) is 15.0 Å². The fourth-order valence-electron chi connectivity index (χ4n) is 10.7. The monoisotopic (exact) mass is 896 g/mol. The Bertz CT molecular complexity index is 4600. The molecule has 15 rings (SSSR count). The fraction of sp³-hybridized carbons (Fsp3) is 0. The van der Waals surface area contributed by atoms with Gasteiger partial charge in [0.2, 0.25) is 0 Å². The van der Waals surface area contributed by atoms with Gasteiger partial charge in [0, 0.05) is 64.5 Å². The van der Waals surface area contributed by atoms with Crippen LogP contribution >= 0.6 is 11.3 Å². The molecule has 11 aromatic carbocycles.